The first-order valence-electron chi connectivity index (χ1n) is 7.04. The van der Waals surface area contributed by atoms with Crippen LogP contribution in [0, 0.1) is 0 Å². The molecule has 114 valence electrons. The third-order valence-electron chi connectivity index (χ3n) is 2.76. The van der Waals surface area contributed by atoms with Crippen LogP contribution in [-0.4, -0.2) is 25.0 Å². The van der Waals surface area contributed by atoms with Gasteiger partial charge in [-0.3, -0.25) is 0 Å². The molecule has 0 aliphatic carbocycles. The topological polar surface area (TPSA) is 59.9 Å². The molecule has 0 aromatic heterocycles. The number of nitrogens with one attached hydrogen (secondary N) is 1. The maximum absolute atomic E-state index is 11.8. The van der Waals surface area contributed by atoms with Gasteiger partial charge in [-0.1, -0.05) is 53.7 Å². The van der Waals surface area contributed by atoms with E-state index in [4.69, 9.17) is 9.57 Å². The van der Waals surface area contributed by atoms with E-state index in [1.165, 1.54) is 0 Å². The van der Waals surface area contributed by atoms with E-state index in [9.17, 15) is 4.79 Å². The van der Waals surface area contributed by atoms with E-state index in [-0.39, 0.29) is 6.54 Å². The minimum Gasteiger partial charge on any atom is -0.410 e. The molecule has 0 aliphatic heterocycles. The van der Waals surface area contributed by atoms with Crippen LogP contribution in [0.5, 0.6) is 5.75 Å². The predicted octanol–water partition coefficient (Wildman–Crippen LogP) is 3.22. The molecule has 0 radical (unpaired) electrons. The van der Waals surface area contributed by atoms with Crippen molar-refractivity contribution in [3.05, 3.63) is 66.2 Å². The third kappa shape index (κ3) is 4.94. The average molecular weight is 298 g/mol. The number of para-hydroxylation sites is 1. The van der Waals surface area contributed by atoms with Crippen LogP contribution in [0.1, 0.15) is 12.5 Å². The molecule has 22 heavy (non-hydrogen) atoms. The van der Waals surface area contributed by atoms with Crippen LogP contribution >= 0.6 is 0 Å². The highest BCUT2D eigenvalue weighted by atomic mass is 16.6. The first-order valence-corrected chi connectivity index (χ1v) is 7.04. The number of carbonyl (C=O) groups excluding carboxylic acids is 1. The van der Waals surface area contributed by atoms with Gasteiger partial charge in [0.1, 0.15) is 18.1 Å². The van der Waals surface area contributed by atoms with Crippen molar-refractivity contribution < 1.29 is 14.4 Å². The zero-order chi connectivity index (χ0) is 15.6. The number of benzene rings is 2. The quantitative estimate of drug-likeness (QED) is 0.658. The number of amides is 1. The van der Waals surface area contributed by atoms with Gasteiger partial charge in [0.15, 0.2) is 0 Å². The summed E-state index contributed by atoms with van der Waals surface area (Å²) >= 11 is 0. The van der Waals surface area contributed by atoms with Gasteiger partial charge >= 0.3 is 6.09 Å². The lowest BCUT2D eigenvalue weighted by Crippen LogP contribution is -2.32. The van der Waals surface area contributed by atoms with Crippen LogP contribution in [0.2, 0.25) is 0 Å². The molecule has 0 heterocycles. The van der Waals surface area contributed by atoms with Gasteiger partial charge in [-0.2, -0.15) is 0 Å². The molecule has 2 aromatic carbocycles. The van der Waals surface area contributed by atoms with Crippen LogP contribution in [0.15, 0.2) is 65.8 Å². The van der Waals surface area contributed by atoms with Gasteiger partial charge in [0.05, 0.1) is 6.54 Å². The molecule has 0 aliphatic rings. The SMILES string of the molecule is CCO/N=C(/CNC(=O)Oc1ccccc1)c1ccccc1. The molecule has 0 atom stereocenters. The fraction of sp³-hybridized carbons (Fsp3) is 0.176. The van der Waals surface area contributed by atoms with Gasteiger partial charge in [-0.25, -0.2) is 4.79 Å². The molecule has 1 amide bonds. The maximum atomic E-state index is 11.8. The van der Waals surface area contributed by atoms with Gasteiger partial charge in [-0.15, -0.1) is 0 Å². The van der Waals surface area contributed by atoms with Crippen molar-refractivity contribution in [1.29, 1.82) is 0 Å². The number of carbonyl (C=O) groups is 1. The zero-order valence-electron chi connectivity index (χ0n) is 12.4. The van der Waals surface area contributed by atoms with Gasteiger partial charge in [0.25, 0.3) is 0 Å². The molecule has 0 saturated heterocycles. The second-order valence-corrected chi connectivity index (χ2v) is 4.38. The van der Waals surface area contributed by atoms with Gasteiger partial charge in [0.2, 0.25) is 0 Å². The van der Waals surface area contributed by atoms with Crippen molar-refractivity contribution in [1.82, 2.24) is 5.32 Å². The molecule has 0 fully saturated rings. The van der Waals surface area contributed by atoms with Gasteiger partial charge in [-0.05, 0) is 19.1 Å². The largest absolute Gasteiger partial charge is 0.412 e. The molecule has 1 N–H and O–H groups in total. The van der Waals surface area contributed by atoms with E-state index in [1.807, 2.05) is 43.3 Å². The molecule has 5 heteroatoms. The van der Waals surface area contributed by atoms with Crippen molar-refractivity contribution in [2.75, 3.05) is 13.2 Å². The summed E-state index contributed by atoms with van der Waals surface area (Å²) in [7, 11) is 0. The number of rotatable bonds is 6. The zero-order valence-corrected chi connectivity index (χ0v) is 12.4. The minimum absolute atomic E-state index is 0.218. The Kier molecular flexibility index (Phi) is 5.99. The molecule has 0 spiro atoms. The number of ether oxygens (including phenoxy) is 1. The lowest BCUT2D eigenvalue weighted by molar-refractivity contribution is 0.158. The van der Waals surface area contributed by atoms with Gasteiger partial charge in [0, 0.05) is 5.56 Å². The summed E-state index contributed by atoms with van der Waals surface area (Å²) in [4.78, 5) is 16.9. The Hall–Kier alpha value is -2.82. The van der Waals surface area contributed by atoms with E-state index >= 15 is 0 Å². The molecule has 2 aromatic rings. The summed E-state index contributed by atoms with van der Waals surface area (Å²) in [5, 5.41) is 6.70. The van der Waals surface area contributed by atoms with Crippen molar-refractivity contribution in [3.63, 3.8) is 0 Å². The standard InChI is InChI=1S/C17H18N2O3/c1-2-21-19-16(14-9-5-3-6-10-14)13-18-17(20)22-15-11-7-4-8-12-15/h3-12H,2,13H2,1H3,(H,18,20)/b19-16-. The number of hydrogen-bond acceptors (Lipinski definition) is 4. The van der Waals surface area contributed by atoms with Crippen molar-refractivity contribution in [2.24, 2.45) is 5.16 Å². The predicted molar refractivity (Wildman–Crippen MR) is 85.1 cm³/mol. The minimum atomic E-state index is -0.536. The van der Waals surface area contributed by atoms with Crippen LogP contribution in [0.3, 0.4) is 0 Å². The number of nitrogens with zero attached hydrogens (tertiary/aromatic N) is 1. The monoisotopic (exact) mass is 298 g/mol. The van der Waals surface area contributed by atoms with Gasteiger partial charge < -0.3 is 14.9 Å². The average Bonchev–Trinajstić information content (AvgIpc) is 2.57. The van der Waals surface area contributed by atoms with Crippen LogP contribution in [0.25, 0.3) is 0 Å². The Labute approximate surface area is 129 Å². The highest BCUT2D eigenvalue weighted by Crippen LogP contribution is 2.08. The summed E-state index contributed by atoms with van der Waals surface area (Å²) < 4.78 is 5.16. The van der Waals surface area contributed by atoms with Crippen LogP contribution in [-0.2, 0) is 4.84 Å². The number of hydrogen-bond donors (Lipinski definition) is 1. The van der Waals surface area contributed by atoms with Crippen LogP contribution in [0.4, 0.5) is 4.79 Å². The molecule has 2 rings (SSSR count). The van der Waals surface area contributed by atoms with E-state index in [0.717, 1.165) is 5.56 Å². The maximum Gasteiger partial charge on any atom is 0.412 e. The fourth-order valence-corrected chi connectivity index (χ4v) is 1.75. The first-order chi connectivity index (χ1) is 10.8. The summed E-state index contributed by atoms with van der Waals surface area (Å²) in [5.41, 5.74) is 1.52. The van der Waals surface area contributed by atoms with Crippen molar-refractivity contribution >= 4 is 11.8 Å². The Morgan fingerprint density at radius 3 is 2.32 bits per heavy atom. The normalized spacial score (nSPS) is 10.9. The second kappa shape index (κ2) is 8.46. The first kappa shape index (κ1) is 15.6. The summed E-state index contributed by atoms with van der Waals surface area (Å²) in [6.07, 6.45) is -0.536. The molecular weight excluding hydrogens is 280 g/mol. The van der Waals surface area contributed by atoms with Crippen molar-refractivity contribution in [2.45, 2.75) is 6.92 Å². The molecule has 0 bridgehead atoms. The summed E-state index contributed by atoms with van der Waals surface area (Å²) in [5.74, 6) is 0.489. The number of oxime groups is 1. The van der Waals surface area contributed by atoms with E-state index in [2.05, 4.69) is 10.5 Å². The van der Waals surface area contributed by atoms with E-state index in [0.29, 0.717) is 18.1 Å². The third-order valence-corrected chi connectivity index (χ3v) is 2.76. The summed E-state index contributed by atoms with van der Waals surface area (Å²) in [6.45, 7) is 2.53. The molecular formula is C17H18N2O3. The lowest BCUT2D eigenvalue weighted by atomic mass is 10.1. The van der Waals surface area contributed by atoms with Crippen LogP contribution < -0.4 is 10.1 Å². The lowest BCUT2D eigenvalue weighted by Gasteiger charge is -2.09. The fourth-order valence-electron chi connectivity index (χ4n) is 1.75. The highest BCUT2D eigenvalue weighted by molar-refractivity contribution is 6.02. The molecule has 0 unspecified atom stereocenters. The van der Waals surface area contributed by atoms with E-state index < -0.39 is 6.09 Å². The molecule has 0 saturated carbocycles. The molecule has 5 nitrogen and oxygen atoms in total. The Morgan fingerprint density at radius 2 is 1.68 bits per heavy atom. The van der Waals surface area contributed by atoms with Crippen molar-refractivity contribution in [3.8, 4) is 5.75 Å². The Balaban J connectivity index is 1.95. The second-order valence-electron chi connectivity index (χ2n) is 4.38. The summed E-state index contributed by atoms with van der Waals surface area (Å²) in [6, 6.07) is 18.4. The Bertz CT molecular complexity index is 612. The smallest absolute Gasteiger partial charge is 0.410 e. The van der Waals surface area contributed by atoms with E-state index in [1.54, 1.807) is 24.3 Å². The highest BCUT2D eigenvalue weighted by Gasteiger charge is 2.08. The Morgan fingerprint density at radius 1 is 1.05 bits per heavy atom.